The molecular formula is C23H20N2O4S. The van der Waals surface area contributed by atoms with Crippen LogP contribution in [0, 0.1) is 0 Å². The summed E-state index contributed by atoms with van der Waals surface area (Å²) < 4.78 is 27.3. The van der Waals surface area contributed by atoms with Gasteiger partial charge in [0.25, 0.3) is 15.9 Å². The first-order valence-corrected chi connectivity index (χ1v) is 10.9. The van der Waals surface area contributed by atoms with E-state index in [1.165, 1.54) is 11.2 Å². The van der Waals surface area contributed by atoms with Gasteiger partial charge in [-0.3, -0.25) is 13.9 Å². The van der Waals surface area contributed by atoms with Gasteiger partial charge in [-0.15, -0.1) is 0 Å². The molecule has 1 heterocycles. The van der Waals surface area contributed by atoms with Crippen molar-refractivity contribution in [3.05, 3.63) is 89.5 Å². The van der Waals surface area contributed by atoms with Gasteiger partial charge >= 0.3 is 0 Å². The maximum Gasteiger partial charge on any atom is 0.264 e. The van der Waals surface area contributed by atoms with E-state index in [4.69, 9.17) is 0 Å². The molecule has 0 fully saturated rings. The van der Waals surface area contributed by atoms with Crippen LogP contribution in [0.25, 0.3) is 0 Å². The highest BCUT2D eigenvalue weighted by Gasteiger charge is 2.31. The molecule has 1 N–H and O–H groups in total. The number of Topliss-reactive ketones (excluding diaryl/α,β-unsaturated/α-hetero) is 1. The molecule has 3 aromatic carbocycles. The zero-order valence-corrected chi connectivity index (χ0v) is 17.1. The van der Waals surface area contributed by atoms with Crippen LogP contribution in [-0.4, -0.2) is 26.7 Å². The molecule has 0 atom stereocenters. The lowest BCUT2D eigenvalue weighted by atomic mass is 10.1. The Labute approximate surface area is 175 Å². The van der Waals surface area contributed by atoms with Gasteiger partial charge in [-0.1, -0.05) is 30.3 Å². The number of ketones is 1. The third kappa shape index (κ3) is 3.71. The van der Waals surface area contributed by atoms with Crippen LogP contribution in [0.4, 0.5) is 11.4 Å². The van der Waals surface area contributed by atoms with Gasteiger partial charge in [0.1, 0.15) is 0 Å². The van der Waals surface area contributed by atoms with E-state index in [-0.39, 0.29) is 16.6 Å². The summed E-state index contributed by atoms with van der Waals surface area (Å²) in [5, 5.41) is 2.79. The van der Waals surface area contributed by atoms with Crippen molar-refractivity contribution < 1.29 is 18.0 Å². The first-order chi connectivity index (χ1) is 14.4. The van der Waals surface area contributed by atoms with E-state index in [2.05, 4.69) is 5.32 Å². The van der Waals surface area contributed by atoms with E-state index in [1.807, 2.05) is 0 Å². The standard InChI is InChI=1S/C23H20N2O4S/c1-16(26)17-6-5-7-20(15-17)24-23(27)19-10-11-22-18(14-19)12-13-25(22)30(28,29)21-8-3-2-4-9-21/h2-11,14-15H,12-13H2,1H3,(H,24,27). The monoisotopic (exact) mass is 420 g/mol. The van der Waals surface area contributed by atoms with Gasteiger partial charge < -0.3 is 5.32 Å². The molecule has 152 valence electrons. The number of amides is 1. The van der Waals surface area contributed by atoms with E-state index in [0.29, 0.717) is 35.5 Å². The molecule has 0 bridgehead atoms. The first kappa shape index (κ1) is 19.8. The van der Waals surface area contributed by atoms with Crippen molar-refractivity contribution in [2.45, 2.75) is 18.2 Å². The lowest BCUT2D eigenvalue weighted by Crippen LogP contribution is -2.29. The number of nitrogens with one attached hydrogen (secondary N) is 1. The quantitative estimate of drug-likeness (QED) is 0.635. The van der Waals surface area contributed by atoms with Crippen molar-refractivity contribution in [2.75, 3.05) is 16.2 Å². The van der Waals surface area contributed by atoms with Crippen molar-refractivity contribution in [1.29, 1.82) is 0 Å². The van der Waals surface area contributed by atoms with Gasteiger partial charge in [-0.2, -0.15) is 0 Å². The maximum atomic E-state index is 13.0. The zero-order valence-electron chi connectivity index (χ0n) is 16.3. The number of carbonyl (C=O) groups is 2. The van der Waals surface area contributed by atoms with Gasteiger partial charge in [-0.25, -0.2) is 8.42 Å². The zero-order chi connectivity index (χ0) is 21.3. The Kier molecular flexibility index (Phi) is 5.13. The molecule has 3 aromatic rings. The largest absolute Gasteiger partial charge is 0.322 e. The Hall–Kier alpha value is -3.45. The minimum absolute atomic E-state index is 0.0802. The summed E-state index contributed by atoms with van der Waals surface area (Å²) in [6.45, 7) is 1.80. The Morgan fingerprint density at radius 2 is 1.67 bits per heavy atom. The predicted octanol–water partition coefficient (Wildman–Crippen LogP) is 3.89. The molecule has 7 heteroatoms. The Morgan fingerprint density at radius 1 is 0.900 bits per heavy atom. The fourth-order valence-corrected chi connectivity index (χ4v) is 5.03. The van der Waals surface area contributed by atoms with Crippen LogP contribution in [0.3, 0.4) is 0 Å². The fraction of sp³-hybridized carbons (Fsp3) is 0.130. The minimum atomic E-state index is -3.65. The summed E-state index contributed by atoms with van der Waals surface area (Å²) in [5.74, 6) is -0.397. The second kappa shape index (κ2) is 7.76. The molecule has 4 rings (SSSR count). The number of anilines is 2. The van der Waals surface area contributed by atoms with Gasteiger partial charge in [0, 0.05) is 23.4 Å². The summed E-state index contributed by atoms with van der Waals surface area (Å²) in [6.07, 6.45) is 0.530. The second-order valence-electron chi connectivity index (χ2n) is 7.07. The third-order valence-corrected chi connectivity index (χ3v) is 6.88. The van der Waals surface area contributed by atoms with Gasteiger partial charge in [0.2, 0.25) is 0 Å². The van der Waals surface area contributed by atoms with E-state index in [0.717, 1.165) is 5.56 Å². The molecule has 0 saturated heterocycles. The number of hydrogen-bond donors (Lipinski definition) is 1. The van der Waals surface area contributed by atoms with Crippen LogP contribution in [0.2, 0.25) is 0 Å². The lowest BCUT2D eigenvalue weighted by molar-refractivity contribution is 0.101. The molecule has 1 aliphatic rings. The lowest BCUT2D eigenvalue weighted by Gasteiger charge is -2.19. The highest BCUT2D eigenvalue weighted by molar-refractivity contribution is 7.92. The van der Waals surface area contributed by atoms with Crippen LogP contribution in [0.1, 0.15) is 33.2 Å². The number of fused-ring (bicyclic) bond motifs is 1. The number of hydrogen-bond acceptors (Lipinski definition) is 4. The van der Waals surface area contributed by atoms with Gasteiger partial charge in [0.05, 0.1) is 10.6 Å². The van der Waals surface area contributed by atoms with E-state index >= 15 is 0 Å². The minimum Gasteiger partial charge on any atom is -0.322 e. The van der Waals surface area contributed by atoms with Crippen LogP contribution < -0.4 is 9.62 Å². The van der Waals surface area contributed by atoms with Crippen LogP contribution in [-0.2, 0) is 16.4 Å². The molecule has 0 radical (unpaired) electrons. The number of nitrogens with zero attached hydrogens (tertiary/aromatic N) is 1. The highest BCUT2D eigenvalue weighted by Crippen LogP contribution is 2.33. The van der Waals surface area contributed by atoms with Crippen molar-refractivity contribution in [2.24, 2.45) is 0 Å². The normalized spacial score (nSPS) is 13.0. The smallest absolute Gasteiger partial charge is 0.264 e. The molecule has 0 unspecified atom stereocenters. The molecule has 6 nitrogen and oxygen atoms in total. The molecule has 1 aliphatic heterocycles. The van der Waals surface area contributed by atoms with E-state index in [9.17, 15) is 18.0 Å². The number of benzene rings is 3. The molecule has 30 heavy (non-hydrogen) atoms. The third-order valence-electron chi connectivity index (χ3n) is 5.05. The van der Waals surface area contributed by atoms with Gasteiger partial charge in [0.15, 0.2) is 5.78 Å². The van der Waals surface area contributed by atoms with Gasteiger partial charge in [-0.05, 0) is 61.4 Å². The van der Waals surface area contributed by atoms with E-state index < -0.39 is 10.0 Å². The van der Waals surface area contributed by atoms with E-state index in [1.54, 1.807) is 72.8 Å². The SMILES string of the molecule is CC(=O)c1cccc(NC(=O)c2ccc3c(c2)CCN3S(=O)(=O)c2ccccc2)c1. The Bertz CT molecular complexity index is 1240. The number of carbonyl (C=O) groups excluding carboxylic acids is 2. The average molecular weight is 420 g/mol. The molecular weight excluding hydrogens is 400 g/mol. The van der Waals surface area contributed by atoms with Crippen molar-refractivity contribution in [1.82, 2.24) is 0 Å². The highest BCUT2D eigenvalue weighted by atomic mass is 32.2. The number of sulfonamides is 1. The molecule has 0 spiro atoms. The molecule has 0 aliphatic carbocycles. The van der Waals surface area contributed by atoms with Crippen molar-refractivity contribution in [3.63, 3.8) is 0 Å². The molecule has 1 amide bonds. The molecule has 0 saturated carbocycles. The number of rotatable bonds is 5. The Balaban J connectivity index is 1.57. The maximum absolute atomic E-state index is 13.0. The summed E-state index contributed by atoms with van der Waals surface area (Å²) in [6, 6.07) is 20.1. The van der Waals surface area contributed by atoms with Crippen molar-refractivity contribution >= 4 is 33.1 Å². The van der Waals surface area contributed by atoms with Crippen LogP contribution >= 0.6 is 0 Å². The summed E-state index contributed by atoms with van der Waals surface area (Å²) >= 11 is 0. The Morgan fingerprint density at radius 3 is 2.40 bits per heavy atom. The summed E-state index contributed by atoms with van der Waals surface area (Å²) in [7, 11) is -3.65. The van der Waals surface area contributed by atoms with Crippen LogP contribution in [0.15, 0.2) is 77.7 Å². The fourth-order valence-electron chi connectivity index (χ4n) is 3.50. The predicted molar refractivity (Wildman–Crippen MR) is 116 cm³/mol. The topological polar surface area (TPSA) is 83.6 Å². The first-order valence-electron chi connectivity index (χ1n) is 9.49. The van der Waals surface area contributed by atoms with Crippen LogP contribution in [0.5, 0.6) is 0 Å². The summed E-state index contributed by atoms with van der Waals surface area (Å²) in [5.41, 5.74) is 2.87. The summed E-state index contributed by atoms with van der Waals surface area (Å²) in [4.78, 5) is 24.4. The second-order valence-corrected chi connectivity index (χ2v) is 8.94. The van der Waals surface area contributed by atoms with Crippen molar-refractivity contribution in [3.8, 4) is 0 Å². The molecule has 0 aromatic heterocycles. The average Bonchev–Trinajstić information content (AvgIpc) is 3.18.